The number of carbonyl (C=O) groups is 2. The Hall–Kier alpha value is -3.07. The van der Waals surface area contributed by atoms with Crippen LogP contribution in [-0.4, -0.2) is 50.5 Å². The van der Waals surface area contributed by atoms with Crippen LogP contribution in [0, 0.1) is 5.92 Å². The van der Waals surface area contributed by atoms with E-state index in [1.165, 1.54) is 4.31 Å². The van der Waals surface area contributed by atoms with Crippen LogP contribution in [0.15, 0.2) is 78.9 Å². The molecule has 0 bridgehead atoms. The molecule has 0 saturated heterocycles. The topological polar surface area (TPSA) is 86.8 Å². The molecule has 1 N–H and O–H groups in total. The minimum Gasteiger partial charge on any atom is -0.354 e. The zero-order valence-corrected chi connectivity index (χ0v) is 25.9. The van der Waals surface area contributed by atoms with Gasteiger partial charge in [0.1, 0.15) is 6.04 Å². The van der Waals surface area contributed by atoms with Gasteiger partial charge in [0.25, 0.3) is 0 Å². The van der Waals surface area contributed by atoms with Crippen molar-refractivity contribution >= 4 is 50.7 Å². The van der Waals surface area contributed by atoms with E-state index in [4.69, 9.17) is 23.2 Å². The van der Waals surface area contributed by atoms with Crippen molar-refractivity contribution < 1.29 is 18.0 Å². The van der Waals surface area contributed by atoms with Gasteiger partial charge in [-0.2, -0.15) is 0 Å². The first-order valence-electron chi connectivity index (χ1n) is 13.5. The van der Waals surface area contributed by atoms with E-state index in [2.05, 4.69) is 5.32 Å². The van der Waals surface area contributed by atoms with Gasteiger partial charge in [0.05, 0.1) is 11.9 Å². The molecule has 7 nitrogen and oxygen atoms in total. The van der Waals surface area contributed by atoms with E-state index < -0.39 is 16.1 Å². The molecular formula is C31H37Cl2N3O4S. The maximum Gasteiger partial charge on any atom is 0.243 e. The molecule has 1 atom stereocenters. The molecule has 0 heterocycles. The summed E-state index contributed by atoms with van der Waals surface area (Å²) in [5, 5.41) is 3.90. The van der Waals surface area contributed by atoms with Crippen molar-refractivity contribution in [2.45, 2.75) is 45.7 Å². The molecule has 3 rings (SSSR count). The van der Waals surface area contributed by atoms with Gasteiger partial charge in [-0.15, -0.1) is 0 Å². The Morgan fingerprint density at radius 2 is 1.61 bits per heavy atom. The minimum absolute atomic E-state index is 0.0276. The zero-order valence-electron chi connectivity index (χ0n) is 23.6. The minimum atomic E-state index is -3.62. The third kappa shape index (κ3) is 10.1. The number of carbonyl (C=O) groups excluding carboxylic acids is 2. The first kappa shape index (κ1) is 32.4. The van der Waals surface area contributed by atoms with Crippen molar-refractivity contribution in [2.24, 2.45) is 5.92 Å². The molecule has 0 spiro atoms. The zero-order chi connectivity index (χ0) is 30.0. The van der Waals surface area contributed by atoms with E-state index in [1.807, 2.05) is 62.4 Å². The van der Waals surface area contributed by atoms with E-state index >= 15 is 0 Å². The molecule has 3 aromatic carbocycles. The number of benzene rings is 3. The second-order valence-corrected chi connectivity index (χ2v) is 13.1. The smallest absolute Gasteiger partial charge is 0.243 e. The van der Waals surface area contributed by atoms with Gasteiger partial charge in [-0.3, -0.25) is 13.9 Å². The highest BCUT2D eigenvalue weighted by atomic mass is 35.5. The second kappa shape index (κ2) is 15.2. The largest absolute Gasteiger partial charge is 0.354 e. The number of nitrogens with one attached hydrogen (secondary N) is 1. The number of sulfonamides is 1. The van der Waals surface area contributed by atoms with E-state index in [-0.39, 0.29) is 43.7 Å². The molecule has 0 fully saturated rings. The first-order valence-corrected chi connectivity index (χ1v) is 16.1. The number of amides is 2. The Labute approximate surface area is 253 Å². The highest BCUT2D eigenvalue weighted by Crippen LogP contribution is 2.24. The summed E-state index contributed by atoms with van der Waals surface area (Å²) in [6.45, 7) is 4.70. The fourth-order valence-electron chi connectivity index (χ4n) is 4.42. The van der Waals surface area contributed by atoms with Gasteiger partial charge in [0, 0.05) is 42.5 Å². The summed E-state index contributed by atoms with van der Waals surface area (Å²) in [5.41, 5.74) is 2.06. The monoisotopic (exact) mass is 617 g/mol. The van der Waals surface area contributed by atoms with Crippen LogP contribution < -0.4 is 9.62 Å². The lowest BCUT2D eigenvalue weighted by Gasteiger charge is -2.32. The van der Waals surface area contributed by atoms with E-state index in [0.717, 1.165) is 11.8 Å². The summed E-state index contributed by atoms with van der Waals surface area (Å²) in [5.74, 6) is -0.290. The van der Waals surface area contributed by atoms with Crippen LogP contribution in [-0.2, 0) is 32.6 Å². The third-order valence-electron chi connectivity index (χ3n) is 6.50. The van der Waals surface area contributed by atoms with Crippen molar-refractivity contribution in [1.29, 1.82) is 0 Å². The van der Waals surface area contributed by atoms with Gasteiger partial charge >= 0.3 is 0 Å². The summed E-state index contributed by atoms with van der Waals surface area (Å²) in [6, 6.07) is 22.6. The molecule has 10 heteroatoms. The molecule has 41 heavy (non-hydrogen) atoms. The predicted octanol–water partition coefficient (Wildman–Crippen LogP) is 5.95. The first-order chi connectivity index (χ1) is 19.5. The molecule has 0 saturated carbocycles. The van der Waals surface area contributed by atoms with Gasteiger partial charge in [-0.1, -0.05) is 91.6 Å². The molecule has 220 valence electrons. The maximum atomic E-state index is 13.9. The van der Waals surface area contributed by atoms with Crippen molar-refractivity contribution in [3.8, 4) is 0 Å². The van der Waals surface area contributed by atoms with Crippen LogP contribution in [0.1, 0.15) is 37.8 Å². The molecule has 0 aliphatic carbocycles. The number of anilines is 1. The van der Waals surface area contributed by atoms with Gasteiger partial charge in [-0.05, 0) is 47.7 Å². The fraction of sp³-hybridized carbons (Fsp3) is 0.355. The van der Waals surface area contributed by atoms with Gasteiger partial charge in [0.2, 0.25) is 21.8 Å². The molecule has 0 aliphatic heterocycles. The molecule has 3 aromatic rings. The van der Waals surface area contributed by atoms with Crippen LogP contribution in [0.2, 0.25) is 10.0 Å². The average molecular weight is 619 g/mol. The van der Waals surface area contributed by atoms with Gasteiger partial charge in [0.15, 0.2) is 0 Å². The highest BCUT2D eigenvalue weighted by Gasteiger charge is 2.31. The summed E-state index contributed by atoms with van der Waals surface area (Å²) < 4.78 is 26.4. The molecule has 0 aromatic heterocycles. The third-order valence-corrected chi connectivity index (χ3v) is 8.30. The fourth-order valence-corrected chi connectivity index (χ4v) is 5.76. The van der Waals surface area contributed by atoms with Crippen LogP contribution in [0.4, 0.5) is 5.69 Å². The number of nitrogens with zero attached hydrogens (tertiary/aromatic N) is 2. The van der Waals surface area contributed by atoms with Crippen LogP contribution in [0.5, 0.6) is 0 Å². The predicted molar refractivity (Wildman–Crippen MR) is 167 cm³/mol. The quantitative estimate of drug-likeness (QED) is 0.242. The summed E-state index contributed by atoms with van der Waals surface area (Å²) in [7, 11) is -3.62. The number of hydrogen-bond donors (Lipinski definition) is 1. The molecule has 0 radical (unpaired) electrons. The molecule has 0 aliphatic rings. The van der Waals surface area contributed by atoms with Crippen LogP contribution in [0.25, 0.3) is 0 Å². The number of hydrogen-bond acceptors (Lipinski definition) is 4. The lowest BCUT2D eigenvalue weighted by Crippen LogP contribution is -2.51. The average Bonchev–Trinajstić information content (AvgIpc) is 2.92. The van der Waals surface area contributed by atoms with Crippen LogP contribution >= 0.6 is 23.2 Å². The normalized spacial score (nSPS) is 12.1. The Bertz CT molecular complexity index is 1420. The Morgan fingerprint density at radius 3 is 2.24 bits per heavy atom. The van der Waals surface area contributed by atoms with Crippen molar-refractivity contribution in [1.82, 2.24) is 10.2 Å². The Kier molecular flexibility index (Phi) is 12.1. The molecule has 2 amide bonds. The van der Waals surface area contributed by atoms with Crippen molar-refractivity contribution in [3.05, 3.63) is 100 Å². The van der Waals surface area contributed by atoms with E-state index in [1.54, 1.807) is 35.2 Å². The number of rotatable bonds is 14. The van der Waals surface area contributed by atoms with Crippen molar-refractivity contribution in [2.75, 3.05) is 23.7 Å². The van der Waals surface area contributed by atoms with Crippen LogP contribution in [0.3, 0.4) is 0 Å². The van der Waals surface area contributed by atoms with Gasteiger partial charge < -0.3 is 10.2 Å². The Morgan fingerprint density at radius 1 is 0.927 bits per heavy atom. The SMILES string of the molecule is CC(C)CNC(=O)C(Cc1ccccc1)N(Cc1ccccc1Cl)C(=O)CCCN(c1cccc(Cl)c1)S(C)(=O)=O. The standard InChI is InChI=1S/C31H37Cl2N3O4S/c1-23(2)21-34-31(38)29(19-24-11-5-4-6-12-24)35(22-25-13-7-8-16-28(25)33)30(37)17-10-18-36(41(3,39)40)27-15-9-14-26(32)20-27/h4-9,11-16,20,23,29H,10,17-19,21-22H2,1-3H3,(H,34,38). The van der Waals surface area contributed by atoms with Crippen molar-refractivity contribution in [3.63, 3.8) is 0 Å². The summed E-state index contributed by atoms with van der Waals surface area (Å²) >= 11 is 12.6. The lowest BCUT2D eigenvalue weighted by molar-refractivity contribution is -0.141. The lowest BCUT2D eigenvalue weighted by atomic mass is 10.0. The second-order valence-electron chi connectivity index (χ2n) is 10.4. The highest BCUT2D eigenvalue weighted by molar-refractivity contribution is 7.92. The number of halogens is 2. The summed E-state index contributed by atoms with van der Waals surface area (Å²) in [6.07, 6.45) is 1.70. The maximum absolute atomic E-state index is 13.9. The van der Waals surface area contributed by atoms with E-state index in [0.29, 0.717) is 34.3 Å². The Balaban J connectivity index is 1.89. The molecular weight excluding hydrogens is 581 g/mol. The molecule has 1 unspecified atom stereocenters. The summed E-state index contributed by atoms with van der Waals surface area (Å²) in [4.78, 5) is 29.0. The van der Waals surface area contributed by atoms with E-state index in [9.17, 15) is 18.0 Å². The van der Waals surface area contributed by atoms with Gasteiger partial charge in [-0.25, -0.2) is 8.42 Å².